The lowest BCUT2D eigenvalue weighted by Gasteiger charge is -2.23. The van der Waals surface area contributed by atoms with Gasteiger partial charge in [-0.1, -0.05) is 20.8 Å². The molecule has 0 spiro atoms. The van der Waals surface area contributed by atoms with Crippen LogP contribution < -0.4 is 16.6 Å². The van der Waals surface area contributed by atoms with Gasteiger partial charge in [0.1, 0.15) is 0 Å². The molecular weight excluding hydrogens is 226 g/mol. The maximum absolute atomic E-state index is 12.1. The van der Waals surface area contributed by atoms with Crippen LogP contribution in [0.3, 0.4) is 0 Å². The van der Waals surface area contributed by atoms with Gasteiger partial charge in [0.15, 0.2) is 0 Å². The molecular formula is C14H23N3O. The molecule has 0 atom stereocenters. The number of hydrogen-bond donors (Lipinski definition) is 3. The Hall–Kier alpha value is -1.55. The molecule has 0 fully saturated rings. The Morgan fingerprint density at radius 1 is 1.39 bits per heavy atom. The summed E-state index contributed by atoms with van der Waals surface area (Å²) >= 11 is 0. The molecule has 4 N–H and O–H groups in total. The summed E-state index contributed by atoms with van der Waals surface area (Å²) < 4.78 is 0. The third kappa shape index (κ3) is 3.74. The number of rotatable bonds is 5. The van der Waals surface area contributed by atoms with E-state index in [1.54, 1.807) is 12.1 Å². The lowest BCUT2D eigenvalue weighted by atomic mass is 9.90. The Balaban J connectivity index is 2.73. The Bertz CT molecular complexity index is 427. The van der Waals surface area contributed by atoms with E-state index in [2.05, 4.69) is 31.5 Å². The summed E-state index contributed by atoms with van der Waals surface area (Å²) in [5.41, 5.74) is 5.11. The van der Waals surface area contributed by atoms with Crippen molar-refractivity contribution in [1.82, 2.24) is 5.32 Å². The summed E-state index contributed by atoms with van der Waals surface area (Å²) in [5.74, 6) is 5.30. The zero-order valence-corrected chi connectivity index (χ0v) is 11.6. The van der Waals surface area contributed by atoms with E-state index in [0.29, 0.717) is 12.1 Å². The molecule has 0 saturated carbocycles. The van der Waals surface area contributed by atoms with Crippen LogP contribution in [0.15, 0.2) is 18.2 Å². The number of hydrogen-bond acceptors (Lipinski definition) is 3. The van der Waals surface area contributed by atoms with Gasteiger partial charge in [-0.05, 0) is 42.5 Å². The number of aryl methyl sites for hydroxylation is 1. The monoisotopic (exact) mass is 249 g/mol. The first kappa shape index (κ1) is 14.5. The maximum Gasteiger partial charge on any atom is 0.251 e. The van der Waals surface area contributed by atoms with E-state index in [0.717, 1.165) is 17.7 Å². The quantitative estimate of drug-likeness (QED) is 0.554. The fraction of sp³-hybridized carbons (Fsp3) is 0.500. The van der Waals surface area contributed by atoms with Crippen LogP contribution in [0, 0.1) is 12.3 Å². The van der Waals surface area contributed by atoms with Gasteiger partial charge in [-0.15, -0.1) is 0 Å². The predicted molar refractivity (Wildman–Crippen MR) is 75.4 cm³/mol. The van der Waals surface area contributed by atoms with Gasteiger partial charge in [0.2, 0.25) is 0 Å². The molecule has 0 aliphatic heterocycles. The fourth-order valence-electron chi connectivity index (χ4n) is 1.55. The molecule has 0 unspecified atom stereocenters. The number of nitrogens with one attached hydrogen (secondary N) is 2. The van der Waals surface area contributed by atoms with Gasteiger partial charge >= 0.3 is 0 Å². The molecule has 1 aromatic rings. The van der Waals surface area contributed by atoms with Gasteiger partial charge in [-0.2, -0.15) is 0 Å². The molecule has 0 saturated heterocycles. The summed E-state index contributed by atoms with van der Waals surface area (Å²) in [6, 6.07) is 5.45. The van der Waals surface area contributed by atoms with Crippen molar-refractivity contribution in [3.05, 3.63) is 29.3 Å². The highest BCUT2D eigenvalue weighted by molar-refractivity contribution is 5.96. The number of carbonyl (C=O) groups is 1. The minimum absolute atomic E-state index is 0.0300. The molecule has 4 heteroatoms. The van der Waals surface area contributed by atoms with Crippen LogP contribution in [0.2, 0.25) is 0 Å². The van der Waals surface area contributed by atoms with Crippen LogP contribution in [0.4, 0.5) is 5.69 Å². The number of benzene rings is 1. The van der Waals surface area contributed by atoms with Gasteiger partial charge in [-0.25, -0.2) is 0 Å². The smallest absolute Gasteiger partial charge is 0.251 e. The fourth-order valence-corrected chi connectivity index (χ4v) is 1.55. The zero-order valence-electron chi connectivity index (χ0n) is 11.6. The van der Waals surface area contributed by atoms with Crippen molar-refractivity contribution in [3.63, 3.8) is 0 Å². The normalized spacial score (nSPS) is 11.2. The third-order valence-corrected chi connectivity index (χ3v) is 3.32. The average Bonchev–Trinajstić information content (AvgIpc) is 2.36. The molecule has 1 rings (SSSR count). The zero-order chi connectivity index (χ0) is 13.8. The lowest BCUT2D eigenvalue weighted by Crippen LogP contribution is -2.33. The number of hydrazine groups is 1. The first-order chi connectivity index (χ1) is 8.39. The van der Waals surface area contributed by atoms with Gasteiger partial charge < -0.3 is 10.7 Å². The van der Waals surface area contributed by atoms with Crippen LogP contribution in [0.1, 0.15) is 43.1 Å². The van der Waals surface area contributed by atoms with Crippen molar-refractivity contribution in [3.8, 4) is 0 Å². The van der Waals surface area contributed by atoms with Crippen LogP contribution in [-0.2, 0) is 0 Å². The van der Waals surface area contributed by atoms with Crippen molar-refractivity contribution in [1.29, 1.82) is 0 Å². The second-order valence-electron chi connectivity index (χ2n) is 5.37. The Morgan fingerprint density at radius 2 is 2.06 bits per heavy atom. The Labute approximate surface area is 109 Å². The van der Waals surface area contributed by atoms with E-state index in [-0.39, 0.29) is 11.3 Å². The summed E-state index contributed by atoms with van der Waals surface area (Å²) in [4.78, 5) is 12.1. The highest BCUT2D eigenvalue weighted by Gasteiger charge is 2.17. The highest BCUT2D eigenvalue weighted by atomic mass is 16.1. The SMILES string of the molecule is CCC(C)(C)CNC(=O)c1ccc(NN)cc1C. The molecule has 0 aliphatic carbocycles. The molecule has 1 amide bonds. The number of anilines is 1. The molecule has 4 nitrogen and oxygen atoms in total. The molecule has 100 valence electrons. The van der Waals surface area contributed by atoms with Gasteiger partial charge in [0, 0.05) is 17.8 Å². The number of nitrogens with two attached hydrogens (primary N) is 1. The summed E-state index contributed by atoms with van der Waals surface area (Å²) in [7, 11) is 0. The van der Waals surface area contributed by atoms with Crippen LogP contribution in [-0.4, -0.2) is 12.5 Å². The van der Waals surface area contributed by atoms with Gasteiger partial charge in [0.25, 0.3) is 5.91 Å². The van der Waals surface area contributed by atoms with E-state index in [1.165, 1.54) is 0 Å². The topological polar surface area (TPSA) is 67.2 Å². The minimum Gasteiger partial charge on any atom is -0.351 e. The molecule has 18 heavy (non-hydrogen) atoms. The lowest BCUT2D eigenvalue weighted by molar-refractivity contribution is 0.0935. The second-order valence-corrected chi connectivity index (χ2v) is 5.37. The standard InChI is InChI=1S/C14H23N3O/c1-5-14(3,4)9-16-13(18)12-7-6-11(17-15)8-10(12)2/h6-8,17H,5,9,15H2,1-4H3,(H,16,18). The number of nitrogen functional groups attached to an aromatic ring is 1. The van der Waals surface area contributed by atoms with Crippen LogP contribution in [0.25, 0.3) is 0 Å². The Kier molecular flexibility index (Phi) is 4.73. The highest BCUT2D eigenvalue weighted by Crippen LogP contribution is 2.19. The van der Waals surface area contributed by atoms with Crippen molar-refractivity contribution in [2.45, 2.75) is 34.1 Å². The summed E-state index contributed by atoms with van der Waals surface area (Å²) in [6.45, 7) is 8.99. The van der Waals surface area contributed by atoms with Gasteiger partial charge in [0.05, 0.1) is 0 Å². The molecule has 0 aromatic heterocycles. The van der Waals surface area contributed by atoms with Crippen molar-refractivity contribution in [2.24, 2.45) is 11.3 Å². The molecule has 0 bridgehead atoms. The van der Waals surface area contributed by atoms with E-state index < -0.39 is 0 Å². The first-order valence-electron chi connectivity index (χ1n) is 6.25. The molecule has 0 radical (unpaired) electrons. The van der Waals surface area contributed by atoms with E-state index in [1.807, 2.05) is 13.0 Å². The second kappa shape index (κ2) is 5.87. The largest absolute Gasteiger partial charge is 0.351 e. The number of carbonyl (C=O) groups excluding carboxylic acids is 1. The predicted octanol–water partition coefficient (Wildman–Crippen LogP) is 2.45. The third-order valence-electron chi connectivity index (χ3n) is 3.32. The van der Waals surface area contributed by atoms with E-state index in [4.69, 9.17) is 5.84 Å². The van der Waals surface area contributed by atoms with Crippen LogP contribution in [0.5, 0.6) is 0 Å². The molecule has 0 heterocycles. The first-order valence-corrected chi connectivity index (χ1v) is 6.25. The minimum atomic E-state index is -0.0300. The summed E-state index contributed by atoms with van der Waals surface area (Å²) in [6.07, 6.45) is 1.03. The van der Waals surface area contributed by atoms with E-state index >= 15 is 0 Å². The summed E-state index contributed by atoms with van der Waals surface area (Å²) in [5, 5.41) is 2.98. The molecule has 0 aliphatic rings. The van der Waals surface area contributed by atoms with Crippen molar-refractivity contribution >= 4 is 11.6 Å². The Morgan fingerprint density at radius 3 is 2.56 bits per heavy atom. The number of amides is 1. The van der Waals surface area contributed by atoms with Crippen molar-refractivity contribution in [2.75, 3.05) is 12.0 Å². The molecule has 1 aromatic carbocycles. The van der Waals surface area contributed by atoms with E-state index in [9.17, 15) is 4.79 Å². The maximum atomic E-state index is 12.1. The van der Waals surface area contributed by atoms with Crippen LogP contribution >= 0.6 is 0 Å². The average molecular weight is 249 g/mol. The van der Waals surface area contributed by atoms with Gasteiger partial charge in [-0.3, -0.25) is 10.6 Å². The van der Waals surface area contributed by atoms with Crippen molar-refractivity contribution < 1.29 is 4.79 Å².